The lowest BCUT2D eigenvalue weighted by Crippen LogP contribution is -2.40. The molecule has 2 heterocycles. The molecule has 2 aliphatic heterocycles. The Labute approximate surface area is 150 Å². The van der Waals surface area contributed by atoms with Crippen molar-refractivity contribution >= 4 is 5.96 Å². The van der Waals surface area contributed by atoms with Crippen LogP contribution >= 0.6 is 0 Å². The van der Waals surface area contributed by atoms with Crippen LogP contribution in [0.5, 0.6) is 11.5 Å². The van der Waals surface area contributed by atoms with Crippen LogP contribution in [0.1, 0.15) is 31.7 Å². The molecule has 25 heavy (non-hydrogen) atoms. The lowest BCUT2D eigenvalue weighted by Gasteiger charge is -2.26. The van der Waals surface area contributed by atoms with E-state index >= 15 is 0 Å². The molecule has 0 unspecified atom stereocenters. The molecule has 0 amide bonds. The van der Waals surface area contributed by atoms with Crippen LogP contribution in [0.3, 0.4) is 0 Å². The van der Waals surface area contributed by atoms with Gasteiger partial charge in [-0.1, -0.05) is 6.07 Å². The summed E-state index contributed by atoms with van der Waals surface area (Å²) in [5, 5.41) is 3.39. The Kier molecular flexibility index (Phi) is 6.39. The highest BCUT2D eigenvalue weighted by atomic mass is 16.7. The Bertz CT molecular complexity index is 585. The van der Waals surface area contributed by atoms with Crippen LogP contribution < -0.4 is 14.8 Å². The van der Waals surface area contributed by atoms with E-state index in [0.29, 0.717) is 13.3 Å². The highest BCUT2D eigenvalue weighted by Crippen LogP contribution is 2.32. The topological polar surface area (TPSA) is 55.3 Å². The maximum atomic E-state index is 5.44. The van der Waals surface area contributed by atoms with Gasteiger partial charge in [0.05, 0.1) is 6.54 Å². The smallest absolute Gasteiger partial charge is 0.231 e. The highest BCUT2D eigenvalue weighted by Gasteiger charge is 2.16. The van der Waals surface area contributed by atoms with E-state index in [0.717, 1.165) is 55.2 Å². The van der Waals surface area contributed by atoms with Crippen molar-refractivity contribution in [1.29, 1.82) is 0 Å². The van der Waals surface area contributed by atoms with Crippen molar-refractivity contribution in [3.63, 3.8) is 0 Å². The van der Waals surface area contributed by atoms with Crippen molar-refractivity contribution in [3.8, 4) is 11.5 Å². The summed E-state index contributed by atoms with van der Waals surface area (Å²) in [6.45, 7) is 6.72. The predicted octanol–water partition coefficient (Wildman–Crippen LogP) is 2.63. The van der Waals surface area contributed by atoms with E-state index in [2.05, 4.69) is 24.2 Å². The molecule has 6 heteroatoms. The van der Waals surface area contributed by atoms with Gasteiger partial charge in [-0.05, 0) is 49.8 Å². The summed E-state index contributed by atoms with van der Waals surface area (Å²) < 4.78 is 16.2. The van der Waals surface area contributed by atoms with E-state index < -0.39 is 0 Å². The van der Waals surface area contributed by atoms with Gasteiger partial charge in [-0.2, -0.15) is 0 Å². The third kappa shape index (κ3) is 5.01. The average molecular weight is 347 g/mol. The van der Waals surface area contributed by atoms with E-state index in [-0.39, 0.29) is 0 Å². The molecular formula is C19H29N3O3. The van der Waals surface area contributed by atoms with Crippen LogP contribution in [0.15, 0.2) is 23.2 Å². The fourth-order valence-corrected chi connectivity index (χ4v) is 3.19. The minimum absolute atomic E-state index is 0.305. The van der Waals surface area contributed by atoms with Gasteiger partial charge in [0, 0.05) is 33.4 Å². The largest absolute Gasteiger partial charge is 0.454 e. The monoisotopic (exact) mass is 347 g/mol. The summed E-state index contributed by atoms with van der Waals surface area (Å²) >= 11 is 0. The highest BCUT2D eigenvalue weighted by molar-refractivity contribution is 5.79. The Hall–Kier alpha value is -1.95. The summed E-state index contributed by atoms with van der Waals surface area (Å²) in [4.78, 5) is 7.01. The Morgan fingerprint density at radius 1 is 1.24 bits per heavy atom. The van der Waals surface area contributed by atoms with Crippen molar-refractivity contribution < 1.29 is 14.2 Å². The van der Waals surface area contributed by atoms with Gasteiger partial charge in [0.15, 0.2) is 17.5 Å². The van der Waals surface area contributed by atoms with Crippen LogP contribution in [0.2, 0.25) is 0 Å². The van der Waals surface area contributed by atoms with Gasteiger partial charge < -0.3 is 24.4 Å². The van der Waals surface area contributed by atoms with Gasteiger partial charge in [0.25, 0.3) is 0 Å². The van der Waals surface area contributed by atoms with Gasteiger partial charge in [0.1, 0.15) is 0 Å². The van der Waals surface area contributed by atoms with Crippen molar-refractivity contribution in [2.24, 2.45) is 10.9 Å². The summed E-state index contributed by atoms with van der Waals surface area (Å²) in [5.41, 5.74) is 1.12. The molecule has 0 bridgehead atoms. The number of rotatable bonds is 6. The molecule has 1 aromatic carbocycles. The number of hydrogen-bond donors (Lipinski definition) is 1. The molecule has 138 valence electrons. The molecule has 6 nitrogen and oxygen atoms in total. The van der Waals surface area contributed by atoms with Crippen LogP contribution in [-0.2, 0) is 11.3 Å². The van der Waals surface area contributed by atoms with E-state index in [1.165, 1.54) is 19.3 Å². The van der Waals surface area contributed by atoms with Crippen LogP contribution in [-0.4, -0.2) is 51.0 Å². The second-order valence-electron chi connectivity index (χ2n) is 6.62. The van der Waals surface area contributed by atoms with Crippen LogP contribution in [0.25, 0.3) is 0 Å². The van der Waals surface area contributed by atoms with Gasteiger partial charge >= 0.3 is 0 Å². The van der Waals surface area contributed by atoms with Crippen molar-refractivity contribution in [2.75, 3.05) is 40.1 Å². The normalized spacial score (nSPS) is 17.6. The van der Waals surface area contributed by atoms with E-state index in [4.69, 9.17) is 19.2 Å². The first-order valence-electron chi connectivity index (χ1n) is 9.22. The SMILES string of the molecule is CCNC(=NCc1ccc2c(c1)OCO2)N(C)CCC1CCOCC1. The molecule has 1 saturated heterocycles. The number of ether oxygens (including phenoxy) is 3. The number of fused-ring (bicyclic) bond motifs is 1. The molecule has 0 spiro atoms. The quantitative estimate of drug-likeness (QED) is 0.633. The number of aliphatic imine (C=N–C) groups is 1. The first-order chi connectivity index (χ1) is 12.3. The molecule has 0 saturated carbocycles. The second kappa shape index (κ2) is 8.94. The number of benzene rings is 1. The van der Waals surface area contributed by atoms with E-state index in [9.17, 15) is 0 Å². The van der Waals surface area contributed by atoms with Crippen molar-refractivity contribution in [3.05, 3.63) is 23.8 Å². The molecule has 1 aromatic rings. The Morgan fingerprint density at radius 2 is 2.04 bits per heavy atom. The molecule has 0 aromatic heterocycles. The summed E-state index contributed by atoms with van der Waals surface area (Å²) in [6, 6.07) is 6.01. The average Bonchev–Trinajstić information content (AvgIpc) is 3.12. The zero-order chi connectivity index (χ0) is 17.5. The number of nitrogens with one attached hydrogen (secondary N) is 1. The van der Waals surface area contributed by atoms with Gasteiger partial charge in [-0.15, -0.1) is 0 Å². The molecular weight excluding hydrogens is 318 g/mol. The van der Waals surface area contributed by atoms with Crippen LogP contribution in [0, 0.1) is 5.92 Å². The third-order valence-corrected chi connectivity index (χ3v) is 4.76. The van der Waals surface area contributed by atoms with Crippen molar-refractivity contribution in [2.45, 2.75) is 32.7 Å². The Balaban J connectivity index is 1.56. The minimum Gasteiger partial charge on any atom is -0.454 e. The van der Waals surface area contributed by atoms with Crippen LogP contribution in [0.4, 0.5) is 0 Å². The molecule has 0 atom stereocenters. The molecule has 0 aliphatic carbocycles. The number of hydrogen-bond acceptors (Lipinski definition) is 4. The third-order valence-electron chi connectivity index (χ3n) is 4.76. The lowest BCUT2D eigenvalue weighted by atomic mass is 9.96. The fourth-order valence-electron chi connectivity index (χ4n) is 3.19. The second-order valence-corrected chi connectivity index (χ2v) is 6.62. The first kappa shape index (κ1) is 17.9. The van der Waals surface area contributed by atoms with Crippen molar-refractivity contribution in [1.82, 2.24) is 10.2 Å². The first-order valence-corrected chi connectivity index (χ1v) is 9.22. The van der Waals surface area contributed by atoms with E-state index in [1.54, 1.807) is 0 Å². The molecule has 2 aliphatic rings. The Morgan fingerprint density at radius 3 is 2.84 bits per heavy atom. The summed E-state index contributed by atoms with van der Waals surface area (Å²) in [6.07, 6.45) is 3.55. The number of nitrogens with zero attached hydrogens (tertiary/aromatic N) is 2. The molecule has 0 radical (unpaired) electrons. The zero-order valence-electron chi connectivity index (χ0n) is 15.3. The molecule has 3 rings (SSSR count). The van der Waals surface area contributed by atoms with Gasteiger partial charge in [0.2, 0.25) is 6.79 Å². The van der Waals surface area contributed by atoms with E-state index in [1.807, 2.05) is 18.2 Å². The minimum atomic E-state index is 0.305. The van der Waals surface area contributed by atoms with Gasteiger partial charge in [-0.25, -0.2) is 4.99 Å². The zero-order valence-corrected chi connectivity index (χ0v) is 15.3. The lowest BCUT2D eigenvalue weighted by molar-refractivity contribution is 0.0625. The molecule has 1 fully saturated rings. The summed E-state index contributed by atoms with van der Waals surface area (Å²) in [5.74, 6) is 3.35. The predicted molar refractivity (Wildman–Crippen MR) is 98.2 cm³/mol. The molecule has 1 N–H and O–H groups in total. The number of guanidine groups is 1. The fraction of sp³-hybridized carbons (Fsp3) is 0.632. The standard InChI is InChI=1S/C19H29N3O3/c1-3-20-19(22(2)9-6-15-7-10-23-11-8-15)21-13-16-4-5-17-18(12-16)25-14-24-17/h4-5,12,15H,3,6-11,13-14H2,1-2H3,(H,20,21). The van der Waals surface area contributed by atoms with Gasteiger partial charge in [-0.3, -0.25) is 0 Å². The maximum absolute atomic E-state index is 5.44. The summed E-state index contributed by atoms with van der Waals surface area (Å²) in [7, 11) is 2.11. The maximum Gasteiger partial charge on any atom is 0.231 e.